The Labute approximate surface area is 134 Å². The van der Waals surface area contributed by atoms with Gasteiger partial charge in [0.25, 0.3) is 0 Å². The zero-order valence-electron chi connectivity index (χ0n) is 12.1. The molecule has 0 aliphatic rings. The van der Waals surface area contributed by atoms with E-state index < -0.39 is 11.7 Å². The van der Waals surface area contributed by atoms with Crippen LogP contribution in [0, 0.1) is 6.92 Å². The second-order valence-electron chi connectivity index (χ2n) is 4.93. The molecular formula is C16H12F3N3S. The maximum atomic E-state index is 12.7. The molecule has 1 aromatic carbocycles. The molecule has 0 radical (unpaired) electrons. The highest BCUT2D eigenvalue weighted by Gasteiger charge is 2.30. The minimum Gasteiger partial charge on any atom is -0.332 e. The van der Waals surface area contributed by atoms with Crippen LogP contribution in [0.15, 0.2) is 48.0 Å². The Morgan fingerprint density at radius 2 is 1.96 bits per heavy atom. The van der Waals surface area contributed by atoms with Crippen LogP contribution in [-0.4, -0.2) is 9.97 Å². The summed E-state index contributed by atoms with van der Waals surface area (Å²) in [6, 6.07) is 8.83. The molecule has 0 fully saturated rings. The van der Waals surface area contributed by atoms with Gasteiger partial charge in [0.1, 0.15) is 0 Å². The lowest BCUT2D eigenvalue weighted by atomic mass is 10.2. The number of hydrogen-bond acceptors (Lipinski definition) is 4. The Morgan fingerprint density at radius 3 is 2.65 bits per heavy atom. The molecule has 0 aliphatic carbocycles. The Kier molecular flexibility index (Phi) is 4.04. The lowest BCUT2D eigenvalue weighted by Crippen LogP contribution is -2.05. The number of nitrogens with one attached hydrogen (secondary N) is 1. The summed E-state index contributed by atoms with van der Waals surface area (Å²) >= 11 is 1.33. The van der Waals surface area contributed by atoms with E-state index in [9.17, 15) is 13.2 Å². The number of halogens is 3. The number of thiazole rings is 1. The number of nitrogens with zero attached hydrogens (tertiary/aromatic N) is 2. The molecule has 2 heterocycles. The van der Waals surface area contributed by atoms with Crippen molar-refractivity contribution < 1.29 is 13.2 Å². The quantitative estimate of drug-likeness (QED) is 0.708. The summed E-state index contributed by atoms with van der Waals surface area (Å²) in [6.45, 7) is 1.89. The van der Waals surface area contributed by atoms with Crippen LogP contribution in [0.2, 0.25) is 0 Å². The fourth-order valence-electron chi connectivity index (χ4n) is 1.98. The van der Waals surface area contributed by atoms with Crippen LogP contribution in [0.1, 0.15) is 11.3 Å². The van der Waals surface area contributed by atoms with Gasteiger partial charge < -0.3 is 5.32 Å². The molecule has 2 aromatic heterocycles. The van der Waals surface area contributed by atoms with Gasteiger partial charge in [-0.05, 0) is 37.3 Å². The summed E-state index contributed by atoms with van der Waals surface area (Å²) < 4.78 is 38.2. The molecule has 3 nitrogen and oxygen atoms in total. The predicted molar refractivity (Wildman–Crippen MR) is 84.8 cm³/mol. The molecule has 0 saturated carbocycles. The normalized spacial score (nSPS) is 11.5. The zero-order valence-corrected chi connectivity index (χ0v) is 12.9. The molecule has 0 atom stereocenters. The smallest absolute Gasteiger partial charge is 0.332 e. The Bertz CT molecular complexity index is 810. The fraction of sp³-hybridized carbons (Fsp3) is 0.125. The van der Waals surface area contributed by atoms with E-state index in [0.717, 1.165) is 29.1 Å². The molecule has 0 unspecified atom stereocenters. The SMILES string of the molecule is Cc1ccc(-c2csc(Nc3cccc(C(F)(F)F)c3)n2)cn1. The molecule has 0 aliphatic heterocycles. The molecule has 3 aromatic rings. The molecule has 0 spiro atoms. The van der Waals surface area contributed by atoms with Crippen molar-refractivity contribution >= 4 is 22.2 Å². The van der Waals surface area contributed by atoms with Crippen molar-refractivity contribution in [1.29, 1.82) is 0 Å². The zero-order chi connectivity index (χ0) is 16.4. The van der Waals surface area contributed by atoms with Crippen molar-refractivity contribution in [3.8, 4) is 11.3 Å². The topological polar surface area (TPSA) is 37.8 Å². The molecule has 7 heteroatoms. The fourth-order valence-corrected chi connectivity index (χ4v) is 2.72. The highest BCUT2D eigenvalue weighted by atomic mass is 32.1. The van der Waals surface area contributed by atoms with Gasteiger partial charge in [0, 0.05) is 28.5 Å². The van der Waals surface area contributed by atoms with E-state index in [1.807, 2.05) is 24.4 Å². The Hall–Kier alpha value is -2.41. The average Bonchev–Trinajstić information content (AvgIpc) is 2.96. The minimum absolute atomic E-state index is 0.350. The molecule has 23 heavy (non-hydrogen) atoms. The summed E-state index contributed by atoms with van der Waals surface area (Å²) in [6.07, 6.45) is -2.64. The maximum Gasteiger partial charge on any atom is 0.416 e. The summed E-state index contributed by atoms with van der Waals surface area (Å²) in [5.74, 6) is 0. The second kappa shape index (κ2) is 6.00. The van der Waals surface area contributed by atoms with Crippen LogP contribution in [-0.2, 0) is 6.18 Å². The van der Waals surface area contributed by atoms with Crippen molar-refractivity contribution in [2.24, 2.45) is 0 Å². The van der Waals surface area contributed by atoms with Gasteiger partial charge in [-0.3, -0.25) is 4.98 Å². The minimum atomic E-state index is -4.36. The summed E-state index contributed by atoms with van der Waals surface area (Å²) in [7, 11) is 0. The third-order valence-electron chi connectivity index (χ3n) is 3.15. The maximum absolute atomic E-state index is 12.7. The Balaban J connectivity index is 1.81. The van der Waals surface area contributed by atoms with Gasteiger partial charge >= 0.3 is 6.18 Å². The number of pyridine rings is 1. The van der Waals surface area contributed by atoms with Gasteiger partial charge in [-0.1, -0.05) is 6.07 Å². The van der Waals surface area contributed by atoms with E-state index >= 15 is 0 Å². The number of rotatable bonds is 3. The van der Waals surface area contributed by atoms with E-state index in [2.05, 4.69) is 15.3 Å². The van der Waals surface area contributed by atoms with Crippen molar-refractivity contribution in [2.45, 2.75) is 13.1 Å². The number of aryl methyl sites for hydroxylation is 1. The first-order valence-corrected chi connectivity index (χ1v) is 7.62. The molecular weight excluding hydrogens is 323 g/mol. The van der Waals surface area contributed by atoms with E-state index in [1.165, 1.54) is 17.4 Å². The summed E-state index contributed by atoms with van der Waals surface area (Å²) in [5, 5.41) is 5.27. The van der Waals surface area contributed by atoms with Gasteiger partial charge in [0.15, 0.2) is 5.13 Å². The lowest BCUT2D eigenvalue weighted by Gasteiger charge is -2.08. The molecule has 3 rings (SSSR count). The van der Waals surface area contributed by atoms with Gasteiger partial charge in [0.2, 0.25) is 0 Å². The summed E-state index contributed by atoms with van der Waals surface area (Å²) in [5.41, 5.74) is 2.16. The van der Waals surface area contributed by atoms with Crippen molar-refractivity contribution in [3.05, 3.63) is 59.2 Å². The van der Waals surface area contributed by atoms with Crippen LogP contribution in [0.4, 0.5) is 24.0 Å². The van der Waals surface area contributed by atoms with E-state index in [0.29, 0.717) is 10.8 Å². The third-order valence-corrected chi connectivity index (χ3v) is 3.91. The van der Waals surface area contributed by atoms with E-state index in [-0.39, 0.29) is 0 Å². The van der Waals surface area contributed by atoms with Gasteiger partial charge in [-0.2, -0.15) is 13.2 Å². The lowest BCUT2D eigenvalue weighted by molar-refractivity contribution is -0.137. The molecule has 118 valence electrons. The largest absolute Gasteiger partial charge is 0.416 e. The number of alkyl halides is 3. The molecule has 1 N–H and O–H groups in total. The van der Waals surface area contributed by atoms with E-state index in [1.54, 1.807) is 12.3 Å². The highest BCUT2D eigenvalue weighted by Crippen LogP contribution is 2.32. The van der Waals surface area contributed by atoms with Crippen molar-refractivity contribution in [1.82, 2.24) is 9.97 Å². The third kappa shape index (κ3) is 3.68. The first-order valence-electron chi connectivity index (χ1n) is 6.75. The summed E-state index contributed by atoms with van der Waals surface area (Å²) in [4.78, 5) is 8.59. The Morgan fingerprint density at radius 1 is 1.13 bits per heavy atom. The molecule has 0 saturated heterocycles. The number of aromatic nitrogens is 2. The highest BCUT2D eigenvalue weighted by molar-refractivity contribution is 7.14. The van der Waals surface area contributed by atoms with Crippen molar-refractivity contribution in [3.63, 3.8) is 0 Å². The van der Waals surface area contributed by atoms with Gasteiger partial charge in [0.05, 0.1) is 11.3 Å². The number of benzene rings is 1. The van der Waals surface area contributed by atoms with Crippen LogP contribution in [0.3, 0.4) is 0 Å². The molecule has 0 amide bonds. The van der Waals surface area contributed by atoms with Crippen molar-refractivity contribution in [2.75, 3.05) is 5.32 Å². The van der Waals surface area contributed by atoms with Crippen LogP contribution < -0.4 is 5.32 Å². The molecule has 0 bridgehead atoms. The number of anilines is 2. The van der Waals surface area contributed by atoms with Crippen LogP contribution in [0.25, 0.3) is 11.3 Å². The monoisotopic (exact) mass is 335 g/mol. The second-order valence-corrected chi connectivity index (χ2v) is 5.79. The van der Waals surface area contributed by atoms with Gasteiger partial charge in [-0.15, -0.1) is 11.3 Å². The van der Waals surface area contributed by atoms with Crippen LogP contribution >= 0.6 is 11.3 Å². The van der Waals surface area contributed by atoms with Gasteiger partial charge in [-0.25, -0.2) is 4.98 Å². The number of hydrogen-bond donors (Lipinski definition) is 1. The predicted octanol–water partition coefficient (Wildman–Crippen LogP) is 5.28. The van der Waals surface area contributed by atoms with Crippen LogP contribution in [0.5, 0.6) is 0 Å². The first-order chi connectivity index (χ1) is 10.9. The first kappa shape index (κ1) is 15.5. The average molecular weight is 335 g/mol. The van der Waals surface area contributed by atoms with E-state index in [4.69, 9.17) is 0 Å². The standard InChI is InChI=1S/C16H12F3N3S/c1-10-5-6-11(8-20-10)14-9-23-15(22-14)21-13-4-2-3-12(7-13)16(17,18)19/h2-9H,1H3,(H,21,22).